The molecule has 3 aromatic rings. The third-order valence-electron chi connectivity index (χ3n) is 3.28. The molecule has 3 rings (SSSR count). The Hall–Kier alpha value is -2.63. The summed E-state index contributed by atoms with van der Waals surface area (Å²) in [5.41, 5.74) is -2.61. The number of benzene rings is 1. The van der Waals surface area contributed by atoms with Gasteiger partial charge in [0.25, 0.3) is 11.1 Å². The lowest BCUT2D eigenvalue weighted by molar-refractivity contribution is -0.141. The molecule has 2 heterocycles. The maximum atomic E-state index is 13.1. The van der Waals surface area contributed by atoms with Crippen LogP contribution in [-0.4, -0.2) is 20.2 Å². The van der Waals surface area contributed by atoms with E-state index in [2.05, 4.69) is 20.2 Å². The lowest BCUT2D eigenvalue weighted by Gasteiger charge is -2.15. The highest BCUT2D eigenvalue weighted by Gasteiger charge is 2.37. The molecule has 0 fully saturated rings. The molecule has 0 saturated carbocycles. The maximum absolute atomic E-state index is 13.1. The van der Waals surface area contributed by atoms with Crippen LogP contribution >= 0.6 is 11.8 Å². The monoisotopic (exact) mass is 406 g/mol. The second-order valence-corrected chi connectivity index (χ2v) is 6.05. The lowest BCUT2D eigenvalue weighted by atomic mass is 10.0. The van der Waals surface area contributed by atoms with Crippen LogP contribution in [0.15, 0.2) is 46.4 Å². The van der Waals surface area contributed by atoms with Crippen LogP contribution in [0.5, 0.6) is 0 Å². The second-order valence-electron chi connectivity index (χ2n) is 5.12. The van der Waals surface area contributed by atoms with Crippen LogP contribution in [-0.2, 0) is 18.1 Å². The quantitative estimate of drug-likeness (QED) is 0.456. The van der Waals surface area contributed by atoms with Crippen LogP contribution in [0.2, 0.25) is 0 Å². The molecule has 5 nitrogen and oxygen atoms in total. The Kier molecular flexibility index (Phi) is 5.09. The van der Waals surface area contributed by atoms with Gasteiger partial charge in [-0.15, -0.1) is 10.2 Å². The number of halogens is 6. The van der Waals surface area contributed by atoms with E-state index in [0.717, 1.165) is 0 Å². The first-order valence-corrected chi connectivity index (χ1v) is 8.13. The molecule has 0 atom stereocenters. The van der Waals surface area contributed by atoms with Crippen molar-refractivity contribution in [3.8, 4) is 11.6 Å². The van der Waals surface area contributed by atoms with E-state index in [1.165, 1.54) is 18.6 Å². The van der Waals surface area contributed by atoms with Crippen LogP contribution in [0.25, 0.3) is 11.6 Å². The molecule has 0 bridgehead atoms. The molecule has 0 aliphatic heterocycles. The molecule has 12 heteroatoms. The Bertz CT molecular complexity index is 926. The minimum Gasteiger partial charge on any atom is -0.410 e. The van der Waals surface area contributed by atoms with E-state index >= 15 is 0 Å². The van der Waals surface area contributed by atoms with Crippen molar-refractivity contribution in [1.29, 1.82) is 0 Å². The van der Waals surface area contributed by atoms with Gasteiger partial charge in [-0.3, -0.25) is 4.98 Å². The van der Waals surface area contributed by atoms with Gasteiger partial charge in [-0.1, -0.05) is 11.8 Å². The molecule has 0 unspecified atom stereocenters. The van der Waals surface area contributed by atoms with Crippen molar-refractivity contribution in [3.05, 3.63) is 53.5 Å². The summed E-state index contributed by atoms with van der Waals surface area (Å²) in [7, 11) is 0. The molecule has 2 aromatic heterocycles. The number of aromatic nitrogens is 4. The first-order valence-electron chi connectivity index (χ1n) is 7.14. The zero-order valence-electron chi connectivity index (χ0n) is 13.0. The molecular weight excluding hydrogens is 398 g/mol. The van der Waals surface area contributed by atoms with E-state index in [0.29, 0.717) is 30.0 Å². The van der Waals surface area contributed by atoms with E-state index in [4.69, 9.17) is 4.42 Å². The molecule has 0 spiro atoms. The number of alkyl halides is 6. The standard InChI is InChI=1S/C15H8F6N4OS/c16-14(17,18)9-1-2-10(15(19,20)21)8(5-9)7-27-13-25-24-12(26-13)11-6-22-3-4-23-11/h1-6H,7H2. The highest BCUT2D eigenvalue weighted by molar-refractivity contribution is 7.98. The molecule has 0 radical (unpaired) electrons. The van der Waals surface area contributed by atoms with E-state index < -0.39 is 34.8 Å². The fraction of sp³-hybridized carbons (Fsp3) is 0.200. The average Bonchev–Trinajstić information content (AvgIpc) is 3.08. The minimum atomic E-state index is -4.79. The fourth-order valence-corrected chi connectivity index (χ4v) is 2.84. The van der Waals surface area contributed by atoms with Gasteiger partial charge in [-0.05, 0) is 23.8 Å². The zero-order valence-corrected chi connectivity index (χ0v) is 13.9. The molecular formula is C15H8F6N4OS. The van der Waals surface area contributed by atoms with Gasteiger partial charge in [-0.2, -0.15) is 26.3 Å². The molecule has 0 aliphatic carbocycles. The van der Waals surface area contributed by atoms with Gasteiger partial charge in [0.05, 0.1) is 17.3 Å². The van der Waals surface area contributed by atoms with Crippen LogP contribution in [0.4, 0.5) is 26.3 Å². The summed E-state index contributed by atoms with van der Waals surface area (Å²) in [5, 5.41) is 7.22. The molecule has 27 heavy (non-hydrogen) atoms. The number of hydrogen-bond acceptors (Lipinski definition) is 6. The molecule has 142 valence electrons. The maximum Gasteiger partial charge on any atom is 0.416 e. The van der Waals surface area contributed by atoms with Gasteiger partial charge < -0.3 is 4.42 Å². The summed E-state index contributed by atoms with van der Waals surface area (Å²) in [6.45, 7) is 0. The average molecular weight is 406 g/mol. The summed E-state index contributed by atoms with van der Waals surface area (Å²) < 4.78 is 82.9. The van der Waals surface area contributed by atoms with E-state index in [1.807, 2.05) is 0 Å². The molecule has 0 amide bonds. The van der Waals surface area contributed by atoms with E-state index in [9.17, 15) is 26.3 Å². The Balaban J connectivity index is 1.84. The summed E-state index contributed by atoms with van der Waals surface area (Å²) in [6.07, 6.45) is -5.41. The van der Waals surface area contributed by atoms with Gasteiger partial charge >= 0.3 is 12.4 Å². The van der Waals surface area contributed by atoms with Crippen molar-refractivity contribution >= 4 is 11.8 Å². The van der Waals surface area contributed by atoms with Crippen LogP contribution < -0.4 is 0 Å². The molecule has 1 aromatic carbocycles. The van der Waals surface area contributed by atoms with Crippen molar-refractivity contribution in [1.82, 2.24) is 20.2 Å². The fourth-order valence-electron chi connectivity index (χ4n) is 2.09. The summed E-state index contributed by atoms with van der Waals surface area (Å²) in [6, 6.07) is 1.28. The smallest absolute Gasteiger partial charge is 0.410 e. The normalized spacial score (nSPS) is 12.4. The Morgan fingerprint density at radius 3 is 2.37 bits per heavy atom. The SMILES string of the molecule is FC(F)(F)c1ccc(C(F)(F)F)c(CSc2nnc(-c3cnccn3)o2)c1. The van der Waals surface area contributed by atoms with Crippen molar-refractivity contribution in [2.45, 2.75) is 23.3 Å². The number of nitrogens with zero attached hydrogens (tertiary/aromatic N) is 4. The first kappa shape index (κ1) is 19.1. The van der Waals surface area contributed by atoms with Crippen molar-refractivity contribution < 1.29 is 30.8 Å². The largest absolute Gasteiger partial charge is 0.416 e. The van der Waals surface area contributed by atoms with Gasteiger partial charge in [0.1, 0.15) is 5.69 Å². The third-order valence-corrected chi connectivity index (χ3v) is 4.15. The number of hydrogen-bond donors (Lipinski definition) is 0. The van der Waals surface area contributed by atoms with E-state index in [-0.39, 0.29) is 16.8 Å². The summed E-state index contributed by atoms with van der Waals surface area (Å²) in [4.78, 5) is 7.73. The van der Waals surface area contributed by atoms with Crippen molar-refractivity contribution in [2.75, 3.05) is 0 Å². The van der Waals surface area contributed by atoms with Gasteiger partial charge in [-0.25, -0.2) is 4.98 Å². The van der Waals surface area contributed by atoms with Gasteiger partial charge in [0.2, 0.25) is 0 Å². The molecule has 0 aliphatic rings. The highest BCUT2D eigenvalue weighted by atomic mass is 32.2. The summed E-state index contributed by atoms with van der Waals surface area (Å²) in [5.74, 6) is -0.452. The van der Waals surface area contributed by atoms with Crippen LogP contribution in [0.1, 0.15) is 16.7 Å². The summed E-state index contributed by atoms with van der Waals surface area (Å²) >= 11 is 0.683. The van der Waals surface area contributed by atoms with Crippen molar-refractivity contribution in [2.24, 2.45) is 0 Å². The lowest BCUT2D eigenvalue weighted by Crippen LogP contribution is -2.12. The van der Waals surface area contributed by atoms with Crippen LogP contribution in [0.3, 0.4) is 0 Å². The minimum absolute atomic E-state index is 0.00862. The predicted octanol–water partition coefficient (Wildman–Crippen LogP) is 4.86. The second kappa shape index (κ2) is 7.18. The van der Waals surface area contributed by atoms with Crippen LogP contribution in [0, 0.1) is 0 Å². The zero-order chi connectivity index (χ0) is 19.7. The third kappa shape index (κ3) is 4.56. The van der Waals surface area contributed by atoms with Crippen molar-refractivity contribution in [3.63, 3.8) is 0 Å². The van der Waals surface area contributed by atoms with Gasteiger partial charge in [0, 0.05) is 18.1 Å². The Morgan fingerprint density at radius 1 is 0.963 bits per heavy atom. The first-order chi connectivity index (χ1) is 12.6. The number of thioether (sulfide) groups is 1. The Labute approximate surface area is 151 Å². The topological polar surface area (TPSA) is 64.7 Å². The molecule has 0 N–H and O–H groups in total. The number of rotatable bonds is 4. The van der Waals surface area contributed by atoms with Gasteiger partial charge in [0.15, 0.2) is 0 Å². The van der Waals surface area contributed by atoms with E-state index in [1.54, 1.807) is 0 Å². The highest BCUT2D eigenvalue weighted by Crippen LogP contribution is 2.38. The molecule has 0 saturated heterocycles. The predicted molar refractivity (Wildman–Crippen MR) is 81.3 cm³/mol. The Morgan fingerprint density at radius 2 is 1.74 bits per heavy atom.